The van der Waals surface area contributed by atoms with Crippen molar-refractivity contribution in [3.63, 3.8) is 0 Å². The second kappa shape index (κ2) is 6.02. The van der Waals surface area contributed by atoms with Crippen LogP contribution in [0.2, 0.25) is 4.47 Å². The number of halogens is 1. The van der Waals surface area contributed by atoms with E-state index in [9.17, 15) is 4.79 Å². The highest BCUT2D eigenvalue weighted by molar-refractivity contribution is 7.17. The van der Waals surface area contributed by atoms with Crippen LogP contribution in [-0.2, 0) is 6.54 Å². The van der Waals surface area contributed by atoms with Crippen LogP contribution in [0, 0.1) is 0 Å². The summed E-state index contributed by atoms with van der Waals surface area (Å²) in [5, 5.41) is 14.5. The zero-order valence-electron chi connectivity index (χ0n) is 10.7. The summed E-state index contributed by atoms with van der Waals surface area (Å²) in [4.78, 5) is 12.0. The average Bonchev–Trinajstić information content (AvgIpc) is 3.11. The molecule has 0 radical (unpaired) electrons. The Balaban J connectivity index is 1.72. The number of carbonyl (C=O) groups is 1. The van der Waals surface area contributed by atoms with Crippen molar-refractivity contribution in [2.24, 2.45) is 0 Å². The molecule has 1 aromatic carbocycles. The molecule has 2 aromatic heterocycles. The number of nitrogens with zero attached hydrogens (tertiary/aromatic N) is 4. The first kappa shape index (κ1) is 13.7. The highest BCUT2D eigenvalue weighted by Crippen LogP contribution is 2.17. The molecule has 0 aliphatic carbocycles. The second-order valence-electron chi connectivity index (χ2n) is 4.22. The van der Waals surface area contributed by atoms with Gasteiger partial charge in [0.15, 0.2) is 0 Å². The molecule has 1 N–H and O–H groups in total. The van der Waals surface area contributed by atoms with Crippen molar-refractivity contribution in [1.82, 2.24) is 20.0 Å². The minimum Gasteiger partial charge on any atom is -0.320 e. The van der Waals surface area contributed by atoms with Gasteiger partial charge in [0.05, 0.1) is 6.54 Å². The average molecular weight is 320 g/mol. The summed E-state index contributed by atoms with van der Waals surface area (Å²) in [5.74, 6) is -0.323. The fourth-order valence-corrected chi connectivity index (χ4v) is 2.53. The van der Waals surface area contributed by atoms with Crippen molar-refractivity contribution in [3.8, 4) is 0 Å². The van der Waals surface area contributed by atoms with E-state index in [0.717, 1.165) is 16.9 Å². The standard InChI is InChI=1S/C13H10ClN5OS/c14-13-18-17-12(21-13)11(20)16-10-4-1-3-9(7-10)8-19-6-2-5-15-19/h1-7H,8H2,(H,16,20). The van der Waals surface area contributed by atoms with Gasteiger partial charge in [0.25, 0.3) is 5.91 Å². The molecule has 8 heteroatoms. The molecule has 0 aliphatic rings. The first-order chi connectivity index (χ1) is 10.2. The SMILES string of the molecule is O=C(Nc1cccc(Cn2cccn2)c1)c1nnc(Cl)s1. The topological polar surface area (TPSA) is 72.7 Å². The summed E-state index contributed by atoms with van der Waals surface area (Å²) in [6, 6.07) is 9.42. The number of amides is 1. The number of hydrogen-bond acceptors (Lipinski definition) is 5. The second-order valence-corrected chi connectivity index (χ2v) is 5.78. The van der Waals surface area contributed by atoms with Gasteiger partial charge in [-0.05, 0) is 35.4 Å². The summed E-state index contributed by atoms with van der Waals surface area (Å²) in [7, 11) is 0. The molecule has 0 saturated heterocycles. The van der Waals surface area contributed by atoms with Crippen LogP contribution in [0.15, 0.2) is 42.7 Å². The van der Waals surface area contributed by atoms with E-state index in [1.807, 2.05) is 41.2 Å². The molecule has 0 aliphatic heterocycles. The summed E-state index contributed by atoms with van der Waals surface area (Å²) in [6.45, 7) is 0.640. The zero-order valence-corrected chi connectivity index (χ0v) is 12.3. The Hall–Kier alpha value is -2.25. The molecular weight excluding hydrogens is 310 g/mol. The maximum absolute atomic E-state index is 12.0. The first-order valence-electron chi connectivity index (χ1n) is 6.07. The Kier molecular flexibility index (Phi) is 3.94. The molecule has 3 aromatic rings. The van der Waals surface area contributed by atoms with Gasteiger partial charge < -0.3 is 5.32 Å². The minimum atomic E-state index is -0.323. The van der Waals surface area contributed by atoms with E-state index >= 15 is 0 Å². The predicted molar refractivity (Wildman–Crippen MR) is 80.6 cm³/mol. The van der Waals surface area contributed by atoms with Crippen LogP contribution in [0.4, 0.5) is 5.69 Å². The van der Waals surface area contributed by atoms with Gasteiger partial charge in [0.1, 0.15) is 0 Å². The lowest BCUT2D eigenvalue weighted by molar-refractivity contribution is 0.102. The van der Waals surface area contributed by atoms with Gasteiger partial charge in [-0.2, -0.15) is 5.10 Å². The normalized spacial score (nSPS) is 10.5. The summed E-state index contributed by atoms with van der Waals surface area (Å²) in [5.41, 5.74) is 1.72. The highest BCUT2D eigenvalue weighted by atomic mass is 35.5. The molecule has 0 bridgehead atoms. The molecular formula is C13H10ClN5OS. The zero-order chi connectivity index (χ0) is 14.7. The smallest absolute Gasteiger partial charge is 0.286 e. The fraction of sp³-hybridized carbons (Fsp3) is 0.0769. The van der Waals surface area contributed by atoms with Gasteiger partial charge in [0.2, 0.25) is 9.47 Å². The Morgan fingerprint density at radius 3 is 2.95 bits per heavy atom. The number of rotatable bonds is 4. The number of carbonyl (C=O) groups excluding carboxylic acids is 1. The highest BCUT2D eigenvalue weighted by Gasteiger charge is 2.12. The Morgan fingerprint density at radius 2 is 2.24 bits per heavy atom. The van der Waals surface area contributed by atoms with Gasteiger partial charge in [-0.15, -0.1) is 10.2 Å². The van der Waals surface area contributed by atoms with E-state index in [0.29, 0.717) is 12.2 Å². The Morgan fingerprint density at radius 1 is 1.33 bits per heavy atom. The molecule has 1 amide bonds. The fourth-order valence-electron chi connectivity index (χ4n) is 1.81. The number of nitrogens with one attached hydrogen (secondary N) is 1. The number of aromatic nitrogens is 4. The molecule has 2 heterocycles. The van der Waals surface area contributed by atoms with Crippen molar-refractivity contribution < 1.29 is 4.79 Å². The molecule has 0 spiro atoms. The molecule has 21 heavy (non-hydrogen) atoms. The van der Waals surface area contributed by atoms with E-state index in [1.54, 1.807) is 6.20 Å². The van der Waals surface area contributed by atoms with Crippen LogP contribution >= 0.6 is 22.9 Å². The van der Waals surface area contributed by atoms with Gasteiger partial charge in [-0.1, -0.05) is 23.5 Å². The van der Waals surface area contributed by atoms with E-state index in [1.165, 1.54) is 0 Å². The Bertz CT molecular complexity index is 756. The third-order valence-corrected chi connectivity index (χ3v) is 3.70. The molecule has 0 fully saturated rings. The number of hydrogen-bond donors (Lipinski definition) is 1. The van der Waals surface area contributed by atoms with E-state index in [-0.39, 0.29) is 15.4 Å². The Labute approximate surface area is 129 Å². The molecule has 0 saturated carbocycles. The maximum atomic E-state index is 12.0. The van der Waals surface area contributed by atoms with Crippen LogP contribution in [0.5, 0.6) is 0 Å². The first-order valence-corrected chi connectivity index (χ1v) is 7.27. The lowest BCUT2D eigenvalue weighted by Gasteiger charge is -2.06. The lowest BCUT2D eigenvalue weighted by atomic mass is 10.2. The largest absolute Gasteiger partial charge is 0.320 e. The van der Waals surface area contributed by atoms with Crippen molar-refractivity contribution in [2.75, 3.05) is 5.32 Å². The maximum Gasteiger partial charge on any atom is 0.286 e. The van der Waals surface area contributed by atoms with Gasteiger partial charge in [-0.25, -0.2) is 0 Å². The number of anilines is 1. The van der Waals surface area contributed by atoms with Gasteiger partial charge in [0, 0.05) is 18.1 Å². The lowest BCUT2D eigenvalue weighted by Crippen LogP contribution is -2.12. The molecule has 6 nitrogen and oxygen atoms in total. The van der Waals surface area contributed by atoms with E-state index in [2.05, 4.69) is 20.6 Å². The van der Waals surface area contributed by atoms with Crippen molar-refractivity contribution >= 4 is 34.5 Å². The third kappa shape index (κ3) is 3.45. The van der Waals surface area contributed by atoms with Crippen molar-refractivity contribution in [1.29, 1.82) is 0 Å². The molecule has 3 rings (SSSR count). The molecule has 0 atom stereocenters. The molecule has 106 valence electrons. The van der Waals surface area contributed by atoms with Crippen LogP contribution in [-0.4, -0.2) is 25.9 Å². The van der Waals surface area contributed by atoms with Crippen LogP contribution in [0.1, 0.15) is 15.4 Å². The monoisotopic (exact) mass is 319 g/mol. The number of benzene rings is 1. The van der Waals surface area contributed by atoms with Crippen LogP contribution in [0.25, 0.3) is 0 Å². The summed E-state index contributed by atoms with van der Waals surface area (Å²) in [6.07, 6.45) is 3.61. The molecule has 0 unspecified atom stereocenters. The van der Waals surface area contributed by atoms with Gasteiger partial charge in [-0.3, -0.25) is 9.48 Å². The quantitative estimate of drug-likeness (QED) is 0.802. The summed E-state index contributed by atoms with van der Waals surface area (Å²) >= 11 is 6.71. The predicted octanol–water partition coefficient (Wildman–Crippen LogP) is 2.69. The van der Waals surface area contributed by atoms with Crippen molar-refractivity contribution in [3.05, 3.63) is 57.8 Å². The van der Waals surface area contributed by atoms with E-state index in [4.69, 9.17) is 11.6 Å². The van der Waals surface area contributed by atoms with Crippen molar-refractivity contribution in [2.45, 2.75) is 6.54 Å². The van der Waals surface area contributed by atoms with Crippen LogP contribution in [0.3, 0.4) is 0 Å². The van der Waals surface area contributed by atoms with Gasteiger partial charge >= 0.3 is 0 Å². The van der Waals surface area contributed by atoms with Crippen LogP contribution < -0.4 is 5.32 Å². The minimum absolute atomic E-state index is 0.234. The third-order valence-electron chi connectivity index (χ3n) is 2.68. The summed E-state index contributed by atoms with van der Waals surface area (Å²) < 4.78 is 2.05. The van der Waals surface area contributed by atoms with E-state index < -0.39 is 0 Å².